The molecule has 2 aromatic heterocycles. The van der Waals surface area contributed by atoms with E-state index >= 15 is 0 Å². The standard InChI is InChI=1S/C23H23F4N5O/c1-2-3-13-9-28-22-29-20(30-32(22)10-13)21(33)31-11-15-6-14(7-16(15)12-31)18-8-17(24)4-5-19(18)23(25,26)27/h4-5,8-10,14-16H,2-3,6-7,11-12H2,1H3/t14?,15-,16+. The lowest BCUT2D eigenvalue weighted by molar-refractivity contribution is -0.138. The van der Waals surface area contributed by atoms with Crippen LogP contribution in [0.3, 0.4) is 0 Å². The van der Waals surface area contributed by atoms with Gasteiger partial charge < -0.3 is 4.90 Å². The van der Waals surface area contributed by atoms with Crippen LogP contribution in [0.25, 0.3) is 5.78 Å². The van der Waals surface area contributed by atoms with E-state index in [9.17, 15) is 22.4 Å². The fourth-order valence-electron chi connectivity index (χ4n) is 5.32. The van der Waals surface area contributed by atoms with Crippen LogP contribution in [0.1, 0.15) is 59.4 Å². The SMILES string of the molecule is CCCc1cnc2nc(C(=O)N3C[C@H]4CC(c5cc(F)ccc5C(F)(F)F)C[C@H]4C3)nn2c1. The number of nitrogens with zero attached hydrogens (tertiary/aromatic N) is 5. The Hall–Kier alpha value is -3.04. The molecule has 2 fully saturated rings. The minimum absolute atomic E-state index is 0.0192. The summed E-state index contributed by atoms with van der Waals surface area (Å²) in [4.78, 5) is 23.2. The van der Waals surface area contributed by atoms with Gasteiger partial charge in [0.25, 0.3) is 11.7 Å². The first-order valence-corrected chi connectivity index (χ1v) is 11.1. The fraction of sp³-hybridized carbons (Fsp3) is 0.478. The Morgan fingerprint density at radius 1 is 1.18 bits per heavy atom. The minimum atomic E-state index is -4.53. The summed E-state index contributed by atoms with van der Waals surface area (Å²) in [7, 11) is 0. The van der Waals surface area contributed by atoms with Crippen molar-refractivity contribution in [1.29, 1.82) is 0 Å². The van der Waals surface area contributed by atoms with Crippen LogP contribution in [0.4, 0.5) is 17.6 Å². The lowest BCUT2D eigenvalue weighted by Gasteiger charge is -2.21. The maximum atomic E-state index is 13.7. The third-order valence-electron chi connectivity index (χ3n) is 6.77. The number of rotatable bonds is 4. The zero-order valence-corrected chi connectivity index (χ0v) is 18.0. The van der Waals surface area contributed by atoms with Gasteiger partial charge in [0, 0.05) is 25.5 Å². The molecule has 3 heterocycles. The second-order valence-electron chi connectivity index (χ2n) is 9.02. The van der Waals surface area contributed by atoms with E-state index in [4.69, 9.17) is 0 Å². The number of carbonyl (C=O) groups excluding carboxylic acids is 1. The summed E-state index contributed by atoms with van der Waals surface area (Å²) in [6, 6.07) is 2.69. The monoisotopic (exact) mass is 461 g/mol. The highest BCUT2D eigenvalue weighted by Crippen LogP contribution is 2.49. The average molecular weight is 461 g/mol. The van der Waals surface area contributed by atoms with Gasteiger partial charge in [-0.05, 0) is 66.3 Å². The average Bonchev–Trinajstić information content (AvgIpc) is 3.45. The molecule has 1 aliphatic carbocycles. The summed E-state index contributed by atoms with van der Waals surface area (Å²) in [5.74, 6) is -0.797. The Morgan fingerprint density at radius 2 is 1.91 bits per heavy atom. The predicted octanol–water partition coefficient (Wildman–Crippen LogP) is 4.50. The molecule has 1 aliphatic heterocycles. The highest BCUT2D eigenvalue weighted by Gasteiger charge is 2.45. The molecule has 1 saturated heterocycles. The van der Waals surface area contributed by atoms with Gasteiger partial charge in [0.05, 0.1) is 5.56 Å². The smallest absolute Gasteiger partial charge is 0.335 e. The number of alkyl halides is 3. The predicted molar refractivity (Wildman–Crippen MR) is 111 cm³/mol. The van der Waals surface area contributed by atoms with Crippen molar-refractivity contribution in [2.45, 2.75) is 44.7 Å². The Bertz CT molecular complexity index is 1190. The van der Waals surface area contributed by atoms with E-state index < -0.39 is 17.6 Å². The van der Waals surface area contributed by atoms with Crippen molar-refractivity contribution in [2.75, 3.05) is 13.1 Å². The Labute approximate surface area is 187 Å². The first kappa shape index (κ1) is 21.8. The largest absolute Gasteiger partial charge is 0.416 e. The number of aromatic nitrogens is 4. The number of amides is 1. The summed E-state index contributed by atoms with van der Waals surface area (Å²) in [6.07, 6.45) is 1.81. The first-order chi connectivity index (χ1) is 15.7. The van der Waals surface area contributed by atoms with E-state index in [0.29, 0.717) is 31.7 Å². The van der Waals surface area contributed by atoms with Gasteiger partial charge in [-0.3, -0.25) is 4.79 Å². The fourth-order valence-corrected chi connectivity index (χ4v) is 5.32. The lowest BCUT2D eigenvalue weighted by Crippen LogP contribution is -2.30. The first-order valence-electron chi connectivity index (χ1n) is 11.1. The number of hydrogen-bond donors (Lipinski definition) is 0. The molecule has 3 aromatic rings. The lowest BCUT2D eigenvalue weighted by atomic mass is 9.91. The topological polar surface area (TPSA) is 63.4 Å². The molecule has 0 radical (unpaired) electrons. The number of likely N-dealkylation sites (tertiary alicyclic amines) is 1. The number of halogens is 4. The Balaban J connectivity index is 1.30. The molecule has 0 N–H and O–H groups in total. The molecule has 1 amide bonds. The normalized spacial score (nSPS) is 22.8. The van der Waals surface area contributed by atoms with E-state index in [1.54, 1.807) is 11.1 Å². The third kappa shape index (κ3) is 4.06. The molecule has 1 unspecified atom stereocenters. The Kier molecular flexibility index (Phi) is 5.33. The molecule has 1 aromatic carbocycles. The highest BCUT2D eigenvalue weighted by molar-refractivity contribution is 5.91. The van der Waals surface area contributed by atoms with Crippen molar-refractivity contribution in [3.63, 3.8) is 0 Å². The van der Waals surface area contributed by atoms with E-state index in [1.165, 1.54) is 4.52 Å². The van der Waals surface area contributed by atoms with Crippen molar-refractivity contribution in [1.82, 2.24) is 24.5 Å². The second-order valence-corrected chi connectivity index (χ2v) is 9.02. The van der Waals surface area contributed by atoms with Crippen LogP contribution >= 0.6 is 0 Å². The zero-order chi connectivity index (χ0) is 23.3. The highest BCUT2D eigenvalue weighted by atomic mass is 19.4. The molecular weight excluding hydrogens is 438 g/mol. The van der Waals surface area contributed by atoms with E-state index in [2.05, 4.69) is 22.0 Å². The summed E-state index contributed by atoms with van der Waals surface area (Å²) >= 11 is 0. The number of aryl methyl sites for hydroxylation is 1. The van der Waals surface area contributed by atoms with Crippen LogP contribution in [0, 0.1) is 17.7 Å². The summed E-state index contributed by atoms with van der Waals surface area (Å²) < 4.78 is 55.6. The number of hydrogen-bond acceptors (Lipinski definition) is 4. The molecule has 5 rings (SSSR count). The maximum absolute atomic E-state index is 13.7. The van der Waals surface area contributed by atoms with Gasteiger partial charge in [0.15, 0.2) is 0 Å². The van der Waals surface area contributed by atoms with Crippen LogP contribution < -0.4 is 0 Å². The quantitative estimate of drug-likeness (QED) is 0.537. The van der Waals surface area contributed by atoms with Crippen LogP contribution in [0.5, 0.6) is 0 Å². The van der Waals surface area contributed by atoms with Gasteiger partial charge in [-0.2, -0.15) is 18.2 Å². The van der Waals surface area contributed by atoms with Gasteiger partial charge in [0.2, 0.25) is 5.82 Å². The third-order valence-corrected chi connectivity index (χ3v) is 6.77. The van der Waals surface area contributed by atoms with Gasteiger partial charge in [-0.1, -0.05) is 13.3 Å². The number of benzene rings is 1. The number of carbonyl (C=O) groups is 1. The second kappa shape index (κ2) is 8.07. The molecule has 1 saturated carbocycles. The van der Waals surface area contributed by atoms with Crippen molar-refractivity contribution in [3.05, 3.63) is 58.9 Å². The molecule has 0 spiro atoms. The van der Waals surface area contributed by atoms with Gasteiger partial charge in [0.1, 0.15) is 5.82 Å². The molecule has 10 heteroatoms. The summed E-state index contributed by atoms with van der Waals surface area (Å²) in [5, 5.41) is 4.29. The maximum Gasteiger partial charge on any atom is 0.416 e. The summed E-state index contributed by atoms with van der Waals surface area (Å²) in [6.45, 7) is 2.93. The summed E-state index contributed by atoms with van der Waals surface area (Å²) in [5.41, 5.74) is 0.252. The Morgan fingerprint density at radius 3 is 2.58 bits per heavy atom. The molecule has 3 atom stereocenters. The zero-order valence-electron chi connectivity index (χ0n) is 18.0. The minimum Gasteiger partial charge on any atom is -0.335 e. The van der Waals surface area contributed by atoms with Gasteiger partial charge >= 0.3 is 6.18 Å². The van der Waals surface area contributed by atoms with Gasteiger partial charge in [-0.15, -0.1) is 5.10 Å². The van der Waals surface area contributed by atoms with Crippen LogP contribution in [0.2, 0.25) is 0 Å². The van der Waals surface area contributed by atoms with Crippen LogP contribution in [0.15, 0.2) is 30.6 Å². The van der Waals surface area contributed by atoms with Crippen LogP contribution in [-0.2, 0) is 12.6 Å². The van der Waals surface area contributed by atoms with E-state index in [0.717, 1.165) is 36.6 Å². The molecule has 0 bridgehead atoms. The van der Waals surface area contributed by atoms with Crippen molar-refractivity contribution in [3.8, 4) is 0 Å². The van der Waals surface area contributed by atoms with Crippen LogP contribution in [-0.4, -0.2) is 43.5 Å². The van der Waals surface area contributed by atoms with Crippen molar-refractivity contribution >= 4 is 11.7 Å². The molecule has 6 nitrogen and oxygen atoms in total. The van der Waals surface area contributed by atoms with Crippen molar-refractivity contribution < 1.29 is 22.4 Å². The van der Waals surface area contributed by atoms with E-state index in [-0.39, 0.29) is 35.0 Å². The molecule has 33 heavy (non-hydrogen) atoms. The molecular formula is C23H23F4N5O. The van der Waals surface area contributed by atoms with Gasteiger partial charge in [-0.25, -0.2) is 13.9 Å². The molecule has 174 valence electrons. The number of fused-ring (bicyclic) bond motifs is 2. The molecule has 2 aliphatic rings. The van der Waals surface area contributed by atoms with E-state index in [1.807, 2.05) is 6.20 Å². The van der Waals surface area contributed by atoms with Crippen molar-refractivity contribution in [2.24, 2.45) is 11.8 Å².